The van der Waals surface area contributed by atoms with E-state index in [1.165, 1.54) is 24.2 Å². The summed E-state index contributed by atoms with van der Waals surface area (Å²) in [5.41, 5.74) is 1.92. The standard InChI is InChI=1S/C14H19N3OS/c1-10-4-3-5-16(7-10)8-12-6-13(18)17-11(2)9-19-14(17)15-12/h6,9-10H,3-5,7-8H2,1-2H3/t10-/m0/s1. The smallest absolute Gasteiger partial charge is 0.259 e. The van der Waals surface area contributed by atoms with Crippen LogP contribution in [0.15, 0.2) is 16.2 Å². The van der Waals surface area contributed by atoms with Crippen molar-refractivity contribution < 1.29 is 0 Å². The van der Waals surface area contributed by atoms with Gasteiger partial charge in [-0.25, -0.2) is 4.98 Å². The zero-order valence-electron chi connectivity index (χ0n) is 11.4. The van der Waals surface area contributed by atoms with Crippen LogP contribution in [0.3, 0.4) is 0 Å². The van der Waals surface area contributed by atoms with Crippen LogP contribution in [-0.2, 0) is 6.54 Å². The van der Waals surface area contributed by atoms with Crippen LogP contribution in [0.4, 0.5) is 0 Å². The second-order valence-electron chi connectivity index (χ2n) is 5.56. The van der Waals surface area contributed by atoms with E-state index >= 15 is 0 Å². The fourth-order valence-corrected chi connectivity index (χ4v) is 3.73. The summed E-state index contributed by atoms with van der Waals surface area (Å²) >= 11 is 1.54. The highest BCUT2D eigenvalue weighted by Crippen LogP contribution is 2.18. The lowest BCUT2D eigenvalue weighted by molar-refractivity contribution is 0.175. The number of nitrogens with zero attached hydrogens (tertiary/aromatic N) is 3. The predicted octanol–water partition coefficient (Wildman–Crippen LogP) is 2.30. The number of aryl methyl sites for hydroxylation is 1. The van der Waals surface area contributed by atoms with Crippen molar-refractivity contribution >= 4 is 16.3 Å². The van der Waals surface area contributed by atoms with E-state index in [9.17, 15) is 4.79 Å². The molecule has 3 heterocycles. The largest absolute Gasteiger partial charge is 0.297 e. The number of fused-ring (bicyclic) bond motifs is 1. The topological polar surface area (TPSA) is 37.6 Å². The maximum absolute atomic E-state index is 12.1. The number of likely N-dealkylation sites (tertiary alicyclic amines) is 1. The summed E-state index contributed by atoms with van der Waals surface area (Å²) in [6.07, 6.45) is 2.57. The molecule has 0 bridgehead atoms. The van der Waals surface area contributed by atoms with Gasteiger partial charge in [0.1, 0.15) is 0 Å². The van der Waals surface area contributed by atoms with Gasteiger partial charge in [0.2, 0.25) is 0 Å². The first-order valence-corrected chi connectivity index (χ1v) is 7.70. The van der Waals surface area contributed by atoms with Crippen molar-refractivity contribution in [1.82, 2.24) is 14.3 Å². The summed E-state index contributed by atoms with van der Waals surface area (Å²) in [5.74, 6) is 0.752. The molecule has 1 atom stereocenters. The lowest BCUT2D eigenvalue weighted by Crippen LogP contribution is -2.34. The number of piperidine rings is 1. The van der Waals surface area contributed by atoms with Crippen LogP contribution in [0, 0.1) is 12.8 Å². The molecule has 1 saturated heterocycles. The van der Waals surface area contributed by atoms with Gasteiger partial charge in [0.15, 0.2) is 4.96 Å². The van der Waals surface area contributed by atoms with Gasteiger partial charge in [0.25, 0.3) is 5.56 Å². The van der Waals surface area contributed by atoms with Crippen molar-refractivity contribution in [3.05, 3.63) is 33.2 Å². The Morgan fingerprint density at radius 2 is 2.37 bits per heavy atom. The first kappa shape index (κ1) is 12.8. The highest BCUT2D eigenvalue weighted by atomic mass is 32.1. The molecule has 102 valence electrons. The zero-order chi connectivity index (χ0) is 13.4. The average molecular weight is 277 g/mol. The number of hydrogen-bond acceptors (Lipinski definition) is 4. The van der Waals surface area contributed by atoms with Crippen LogP contribution in [0.1, 0.15) is 31.2 Å². The molecule has 0 saturated carbocycles. The van der Waals surface area contributed by atoms with Gasteiger partial charge in [0, 0.05) is 30.2 Å². The predicted molar refractivity (Wildman–Crippen MR) is 77.8 cm³/mol. The van der Waals surface area contributed by atoms with Crippen molar-refractivity contribution in [1.29, 1.82) is 0 Å². The van der Waals surface area contributed by atoms with E-state index in [1.54, 1.807) is 10.5 Å². The van der Waals surface area contributed by atoms with Gasteiger partial charge >= 0.3 is 0 Å². The SMILES string of the molecule is Cc1csc2nc(CN3CCC[C@H](C)C3)cc(=O)n12. The van der Waals surface area contributed by atoms with E-state index in [4.69, 9.17) is 0 Å². The van der Waals surface area contributed by atoms with Gasteiger partial charge in [-0.3, -0.25) is 14.1 Å². The molecule has 0 spiro atoms. The second-order valence-corrected chi connectivity index (χ2v) is 6.40. The quantitative estimate of drug-likeness (QED) is 0.845. The Morgan fingerprint density at radius 3 is 3.16 bits per heavy atom. The highest BCUT2D eigenvalue weighted by Gasteiger charge is 2.17. The van der Waals surface area contributed by atoms with Crippen LogP contribution < -0.4 is 5.56 Å². The van der Waals surface area contributed by atoms with E-state index in [1.807, 2.05) is 12.3 Å². The summed E-state index contributed by atoms with van der Waals surface area (Å²) in [6, 6.07) is 1.69. The summed E-state index contributed by atoms with van der Waals surface area (Å²) in [6.45, 7) is 7.27. The van der Waals surface area contributed by atoms with Gasteiger partial charge in [-0.05, 0) is 32.2 Å². The molecule has 1 aliphatic rings. The Kier molecular flexibility index (Phi) is 3.41. The zero-order valence-corrected chi connectivity index (χ0v) is 12.2. The molecule has 0 radical (unpaired) electrons. The van der Waals surface area contributed by atoms with Crippen LogP contribution in [0.5, 0.6) is 0 Å². The monoisotopic (exact) mass is 277 g/mol. The maximum Gasteiger partial charge on any atom is 0.259 e. The minimum atomic E-state index is 0.0452. The van der Waals surface area contributed by atoms with Gasteiger partial charge < -0.3 is 0 Å². The third-order valence-electron chi connectivity index (χ3n) is 3.76. The van der Waals surface area contributed by atoms with Gasteiger partial charge in [-0.15, -0.1) is 11.3 Å². The van der Waals surface area contributed by atoms with E-state index in [0.717, 1.165) is 41.9 Å². The third kappa shape index (κ3) is 2.58. The van der Waals surface area contributed by atoms with Crippen LogP contribution >= 0.6 is 11.3 Å². The average Bonchev–Trinajstić information content (AvgIpc) is 2.71. The molecular formula is C14H19N3OS. The summed E-state index contributed by atoms with van der Waals surface area (Å²) in [7, 11) is 0. The molecule has 0 N–H and O–H groups in total. The van der Waals surface area contributed by atoms with Crippen LogP contribution in [0.2, 0.25) is 0 Å². The molecule has 3 rings (SSSR count). The van der Waals surface area contributed by atoms with E-state index in [0.29, 0.717) is 0 Å². The molecule has 1 fully saturated rings. The van der Waals surface area contributed by atoms with E-state index < -0.39 is 0 Å². The van der Waals surface area contributed by atoms with Crippen molar-refractivity contribution in [3.8, 4) is 0 Å². The lowest BCUT2D eigenvalue weighted by atomic mass is 10.0. The summed E-state index contributed by atoms with van der Waals surface area (Å²) in [5, 5.41) is 1.98. The molecule has 1 aliphatic heterocycles. The Hall–Kier alpha value is -1.20. The third-order valence-corrected chi connectivity index (χ3v) is 4.70. The molecule has 4 nitrogen and oxygen atoms in total. The fourth-order valence-electron chi connectivity index (χ4n) is 2.84. The molecule has 0 aromatic carbocycles. The second kappa shape index (κ2) is 5.06. The molecule has 2 aromatic heterocycles. The van der Waals surface area contributed by atoms with Gasteiger partial charge in [-0.2, -0.15) is 0 Å². The molecule has 2 aromatic rings. The Labute approximate surface area is 116 Å². The Bertz CT molecular complexity index is 646. The van der Waals surface area contributed by atoms with Crippen molar-refractivity contribution in [2.75, 3.05) is 13.1 Å². The first-order chi connectivity index (χ1) is 9.13. The van der Waals surface area contributed by atoms with E-state index in [-0.39, 0.29) is 5.56 Å². The number of rotatable bonds is 2. The molecule has 0 unspecified atom stereocenters. The maximum atomic E-state index is 12.1. The normalized spacial score (nSPS) is 21.1. The number of aromatic nitrogens is 2. The first-order valence-electron chi connectivity index (χ1n) is 6.82. The molecule has 5 heteroatoms. The minimum Gasteiger partial charge on any atom is -0.297 e. The molecule has 0 amide bonds. The van der Waals surface area contributed by atoms with Crippen molar-refractivity contribution in [2.24, 2.45) is 5.92 Å². The summed E-state index contributed by atoms with van der Waals surface area (Å²) in [4.78, 5) is 19.9. The number of hydrogen-bond donors (Lipinski definition) is 0. The molecular weight excluding hydrogens is 258 g/mol. The lowest BCUT2D eigenvalue weighted by Gasteiger charge is -2.30. The molecule has 19 heavy (non-hydrogen) atoms. The summed E-state index contributed by atoms with van der Waals surface area (Å²) < 4.78 is 1.69. The minimum absolute atomic E-state index is 0.0452. The molecule has 0 aliphatic carbocycles. The van der Waals surface area contributed by atoms with Crippen LogP contribution in [0.25, 0.3) is 4.96 Å². The van der Waals surface area contributed by atoms with Crippen molar-refractivity contribution in [3.63, 3.8) is 0 Å². The van der Waals surface area contributed by atoms with Crippen molar-refractivity contribution in [2.45, 2.75) is 33.2 Å². The highest BCUT2D eigenvalue weighted by molar-refractivity contribution is 7.15. The fraction of sp³-hybridized carbons (Fsp3) is 0.571. The van der Waals surface area contributed by atoms with E-state index in [2.05, 4.69) is 16.8 Å². The van der Waals surface area contributed by atoms with Crippen LogP contribution in [-0.4, -0.2) is 27.4 Å². The number of thiazole rings is 1. The van der Waals surface area contributed by atoms with Gasteiger partial charge in [-0.1, -0.05) is 6.92 Å². The Morgan fingerprint density at radius 1 is 1.53 bits per heavy atom. The Balaban J connectivity index is 1.87. The van der Waals surface area contributed by atoms with Gasteiger partial charge in [0.05, 0.1) is 5.69 Å².